The number of nitrogen functional groups attached to an aromatic ring is 1. The van der Waals surface area contributed by atoms with Crippen LogP contribution in [-0.2, 0) is 0 Å². The smallest absolute Gasteiger partial charge is 0.274 e. The van der Waals surface area contributed by atoms with Crippen molar-refractivity contribution >= 4 is 11.6 Å². The molecule has 0 atom stereocenters. The third-order valence-corrected chi connectivity index (χ3v) is 3.23. The van der Waals surface area contributed by atoms with Crippen molar-refractivity contribution in [2.24, 2.45) is 5.41 Å². The molecule has 92 valence electrons. The number of carbonyl (C=O) groups is 1. The molecule has 1 amide bonds. The number of hydrogen-bond donors (Lipinski definition) is 1. The summed E-state index contributed by atoms with van der Waals surface area (Å²) in [6, 6.07) is 3.46. The van der Waals surface area contributed by atoms with Crippen molar-refractivity contribution in [3.8, 4) is 0 Å². The van der Waals surface area contributed by atoms with E-state index in [2.05, 4.69) is 18.8 Å². The topological polar surface area (TPSA) is 59.2 Å². The van der Waals surface area contributed by atoms with Crippen LogP contribution in [0.4, 0.5) is 5.69 Å². The normalized spacial score (nSPS) is 19.1. The summed E-state index contributed by atoms with van der Waals surface area (Å²) in [6.45, 7) is 5.96. The third kappa shape index (κ3) is 2.57. The van der Waals surface area contributed by atoms with Gasteiger partial charge in [-0.15, -0.1) is 0 Å². The molecule has 4 heteroatoms. The number of likely N-dealkylation sites (tertiary alicyclic amines) is 1. The summed E-state index contributed by atoms with van der Waals surface area (Å²) in [4.78, 5) is 18.2. The second-order valence-corrected chi connectivity index (χ2v) is 5.44. The van der Waals surface area contributed by atoms with Gasteiger partial charge >= 0.3 is 0 Å². The number of amides is 1. The number of pyridine rings is 1. The van der Waals surface area contributed by atoms with Gasteiger partial charge in [0.2, 0.25) is 0 Å². The average molecular weight is 233 g/mol. The summed E-state index contributed by atoms with van der Waals surface area (Å²) in [5.74, 6) is -0.0455. The number of hydrogen-bond acceptors (Lipinski definition) is 3. The average Bonchev–Trinajstić information content (AvgIpc) is 2.27. The van der Waals surface area contributed by atoms with Crippen LogP contribution in [0.5, 0.6) is 0 Å². The van der Waals surface area contributed by atoms with E-state index in [1.54, 1.807) is 18.3 Å². The Kier molecular flexibility index (Phi) is 3.05. The van der Waals surface area contributed by atoms with Crippen molar-refractivity contribution in [1.82, 2.24) is 9.88 Å². The monoisotopic (exact) mass is 233 g/mol. The van der Waals surface area contributed by atoms with Gasteiger partial charge in [0, 0.05) is 19.3 Å². The molecule has 2 rings (SSSR count). The zero-order valence-electron chi connectivity index (χ0n) is 10.4. The fraction of sp³-hybridized carbons (Fsp3) is 0.538. The van der Waals surface area contributed by atoms with E-state index in [9.17, 15) is 4.79 Å². The first kappa shape index (κ1) is 11.9. The minimum absolute atomic E-state index is 0.0455. The van der Waals surface area contributed by atoms with E-state index >= 15 is 0 Å². The van der Waals surface area contributed by atoms with E-state index in [-0.39, 0.29) is 11.3 Å². The second kappa shape index (κ2) is 4.35. The van der Waals surface area contributed by atoms with Crippen LogP contribution in [0, 0.1) is 5.41 Å². The zero-order valence-corrected chi connectivity index (χ0v) is 10.4. The largest absolute Gasteiger partial charge is 0.397 e. The summed E-state index contributed by atoms with van der Waals surface area (Å²) >= 11 is 0. The molecule has 1 aromatic rings. The van der Waals surface area contributed by atoms with Crippen LogP contribution in [0.2, 0.25) is 0 Å². The van der Waals surface area contributed by atoms with Crippen LogP contribution < -0.4 is 5.73 Å². The Labute approximate surface area is 102 Å². The highest BCUT2D eigenvalue weighted by molar-refractivity contribution is 5.97. The molecule has 2 heterocycles. The van der Waals surface area contributed by atoms with Gasteiger partial charge in [0.15, 0.2) is 5.69 Å². The summed E-state index contributed by atoms with van der Waals surface area (Å²) < 4.78 is 0. The van der Waals surface area contributed by atoms with E-state index in [0.717, 1.165) is 25.9 Å². The number of anilines is 1. The van der Waals surface area contributed by atoms with Gasteiger partial charge in [-0.25, -0.2) is 4.98 Å². The van der Waals surface area contributed by atoms with Gasteiger partial charge in [-0.2, -0.15) is 0 Å². The molecule has 4 nitrogen and oxygen atoms in total. The number of nitrogens with zero attached hydrogens (tertiary/aromatic N) is 2. The van der Waals surface area contributed by atoms with Gasteiger partial charge in [-0.1, -0.05) is 13.8 Å². The lowest BCUT2D eigenvalue weighted by Crippen LogP contribution is -2.44. The molecule has 2 N–H and O–H groups in total. The summed E-state index contributed by atoms with van der Waals surface area (Å²) in [7, 11) is 0. The maximum Gasteiger partial charge on any atom is 0.274 e. The van der Waals surface area contributed by atoms with Crippen LogP contribution in [0.3, 0.4) is 0 Å². The highest BCUT2D eigenvalue weighted by Gasteiger charge is 2.30. The van der Waals surface area contributed by atoms with E-state index in [1.165, 1.54) is 0 Å². The van der Waals surface area contributed by atoms with E-state index in [0.29, 0.717) is 11.4 Å². The Morgan fingerprint density at radius 1 is 1.53 bits per heavy atom. The van der Waals surface area contributed by atoms with E-state index < -0.39 is 0 Å². The Morgan fingerprint density at radius 2 is 2.29 bits per heavy atom. The molecule has 1 fully saturated rings. The molecule has 0 saturated carbocycles. The lowest BCUT2D eigenvalue weighted by molar-refractivity contribution is 0.0579. The second-order valence-electron chi connectivity index (χ2n) is 5.44. The van der Waals surface area contributed by atoms with E-state index in [1.807, 2.05) is 4.90 Å². The number of piperidine rings is 1. The van der Waals surface area contributed by atoms with Gasteiger partial charge in [0.1, 0.15) is 0 Å². The van der Waals surface area contributed by atoms with Gasteiger partial charge < -0.3 is 10.6 Å². The quantitative estimate of drug-likeness (QED) is 0.806. The van der Waals surface area contributed by atoms with Gasteiger partial charge in [0.05, 0.1) is 5.69 Å². The van der Waals surface area contributed by atoms with Gasteiger partial charge in [-0.05, 0) is 30.4 Å². The Balaban J connectivity index is 2.18. The number of rotatable bonds is 1. The van der Waals surface area contributed by atoms with Crippen LogP contribution >= 0.6 is 0 Å². The molecule has 0 spiro atoms. The Hall–Kier alpha value is -1.58. The van der Waals surface area contributed by atoms with Crippen molar-refractivity contribution in [2.75, 3.05) is 18.8 Å². The number of nitrogens with two attached hydrogens (primary N) is 1. The lowest BCUT2D eigenvalue weighted by atomic mass is 9.84. The Bertz CT molecular complexity index is 428. The fourth-order valence-corrected chi connectivity index (χ4v) is 2.34. The molecule has 1 aromatic heterocycles. The standard InChI is InChI=1S/C13H19N3O/c1-13(2)6-4-8-16(9-13)12(17)11-10(14)5-3-7-15-11/h3,5,7H,4,6,8-9,14H2,1-2H3. The Morgan fingerprint density at radius 3 is 2.94 bits per heavy atom. The molecule has 1 aliphatic heterocycles. The SMILES string of the molecule is CC1(C)CCCN(C(=O)c2ncccc2N)C1. The molecule has 17 heavy (non-hydrogen) atoms. The minimum Gasteiger partial charge on any atom is -0.397 e. The lowest BCUT2D eigenvalue weighted by Gasteiger charge is -2.37. The first-order chi connectivity index (χ1) is 7.99. The maximum atomic E-state index is 12.3. The van der Waals surface area contributed by atoms with Crippen LogP contribution in [0.1, 0.15) is 37.2 Å². The maximum absolute atomic E-state index is 12.3. The first-order valence-corrected chi connectivity index (χ1v) is 5.99. The van der Waals surface area contributed by atoms with Crippen molar-refractivity contribution < 1.29 is 4.79 Å². The summed E-state index contributed by atoms with van der Waals surface area (Å²) in [5.41, 5.74) is 6.82. The van der Waals surface area contributed by atoms with Crippen molar-refractivity contribution in [1.29, 1.82) is 0 Å². The zero-order chi connectivity index (χ0) is 12.5. The molecule has 0 radical (unpaired) electrons. The highest BCUT2D eigenvalue weighted by atomic mass is 16.2. The first-order valence-electron chi connectivity index (χ1n) is 5.99. The predicted molar refractivity (Wildman–Crippen MR) is 67.6 cm³/mol. The van der Waals surface area contributed by atoms with Gasteiger partial charge in [-0.3, -0.25) is 4.79 Å². The van der Waals surface area contributed by atoms with Crippen LogP contribution in [0.15, 0.2) is 18.3 Å². The highest BCUT2D eigenvalue weighted by Crippen LogP contribution is 2.29. The third-order valence-electron chi connectivity index (χ3n) is 3.23. The minimum atomic E-state index is -0.0455. The number of aromatic nitrogens is 1. The van der Waals surface area contributed by atoms with Crippen LogP contribution in [-0.4, -0.2) is 28.9 Å². The van der Waals surface area contributed by atoms with Crippen molar-refractivity contribution in [2.45, 2.75) is 26.7 Å². The molecular weight excluding hydrogens is 214 g/mol. The molecule has 0 aromatic carbocycles. The molecule has 1 saturated heterocycles. The molecule has 0 aliphatic carbocycles. The molecule has 1 aliphatic rings. The summed E-state index contributed by atoms with van der Waals surface area (Å²) in [6.07, 6.45) is 3.82. The fourth-order valence-electron chi connectivity index (χ4n) is 2.34. The molecular formula is C13H19N3O. The van der Waals surface area contributed by atoms with Crippen molar-refractivity contribution in [3.05, 3.63) is 24.0 Å². The number of carbonyl (C=O) groups excluding carboxylic acids is 1. The molecule has 0 unspecified atom stereocenters. The van der Waals surface area contributed by atoms with Crippen LogP contribution in [0.25, 0.3) is 0 Å². The predicted octanol–water partition coefficient (Wildman–Crippen LogP) is 1.93. The summed E-state index contributed by atoms with van der Waals surface area (Å²) in [5, 5.41) is 0. The van der Waals surface area contributed by atoms with Crippen molar-refractivity contribution in [3.63, 3.8) is 0 Å². The van der Waals surface area contributed by atoms with E-state index in [4.69, 9.17) is 5.73 Å². The molecule has 0 bridgehead atoms. The van der Waals surface area contributed by atoms with Gasteiger partial charge in [0.25, 0.3) is 5.91 Å².